The van der Waals surface area contributed by atoms with E-state index < -0.39 is 0 Å². The Morgan fingerprint density at radius 3 is 2.45 bits per heavy atom. The van der Waals surface area contributed by atoms with Crippen LogP contribution in [-0.4, -0.2) is 38.1 Å². The molecule has 2 heterocycles. The van der Waals surface area contributed by atoms with Crippen LogP contribution in [0.3, 0.4) is 0 Å². The quantitative estimate of drug-likeness (QED) is 0.661. The summed E-state index contributed by atoms with van der Waals surface area (Å²) < 4.78 is 10.6. The fourth-order valence-corrected chi connectivity index (χ4v) is 4.34. The Hall–Kier alpha value is 0.450. The van der Waals surface area contributed by atoms with Crippen LogP contribution in [0.2, 0.25) is 0 Å². The van der Waals surface area contributed by atoms with Gasteiger partial charge in [0.05, 0.1) is 25.6 Å². The van der Waals surface area contributed by atoms with Crippen LogP contribution < -0.4 is 0 Å². The third kappa shape index (κ3) is 6.06. The van der Waals surface area contributed by atoms with Crippen LogP contribution in [0.15, 0.2) is 21.0 Å². The SMILES string of the molecule is CSC1=C(C)C(C)COC1.CSC1=C(C)CCOSC1. The van der Waals surface area contributed by atoms with Crippen molar-refractivity contribution in [1.82, 2.24) is 0 Å². The van der Waals surface area contributed by atoms with Gasteiger partial charge in [0.1, 0.15) is 0 Å². The number of rotatable bonds is 2. The number of hydrogen-bond donors (Lipinski definition) is 0. The molecule has 2 aliphatic heterocycles. The third-order valence-electron chi connectivity index (χ3n) is 3.58. The second kappa shape index (κ2) is 10.2. The topological polar surface area (TPSA) is 18.5 Å². The van der Waals surface area contributed by atoms with E-state index in [-0.39, 0.29) is 0 Å². The molecule has 1 unspecified atom stereocenters. The van der Waals surface area contributed by atoms with Gasteiger partial charge in [-0.25, -0.2) is 0 Å². The first-order valence-electron chi connectivity index (χ1n) is 6.88. The monoisotopic (exact) mass is 334 g/mol. The van der Waals surface area contributed by atoms with E-state index in [1.54, 1.807) is 12.0 Å². The zero-order valence-electron chi connectivity index (χ0n) is 13.2. The zero-order chi connectivity index (χ0) is 15.0. The largest absolute Gasteiger partial charge is 0.376 e. The molecular weight excluding hydrogens is 308 g/mol. The summed E-state index contributed by atoms with van der Waals surface area (Å²) in [5.41, 5.74) is 3.01. The Balaban J connectivity index is 0.000000200. The van der Waals surface area contributed by atoms with Crippen LogP contribution in [0, 0.1) is 5.92 Å². The summed E-state index contributed by atoms with van der Waals surface area (Å²) in [4.78, 5) is 2.90. The lowest BCUT2D eigenvalue weighted by atomic mass is 10.0. The lowest BCUT2D eigenvalue weighted by Gasteiger charge is -2.22. The first-order chi connectivity index (χ1) is 9.60. The average molecular weight is 335 g/mol. The van der Waals surface area contributed by atoms with Gasteiger partial charge in [0.15, 0.2) is 0 Å². The van der Waals surface area contributed by atoms with E-state index >= 15 is 0 Å². The van der Waals surface area contributed by atoms with Gasteiger partial charge in [-0.3, -0.25) is 0 Å². The van der Waals surface area contributed by atoms with Gasteiger partial charge >= 0.3 is 0 Å². The van der Waals surface area contributed by atoms with Gasteiger partial charge in [-0.1, -0.05) is 18.1 Å². The van der Waals surface area contributed by atoms with Crippen LogP contribution in [0.5, 0.6) is 0 Å². The molecule has 20 heavy (non-hydrogen) atoms. The minimum atomic E-state index is 0.621. The van der Waals surface area contributed by atoms with Gasteiger partial charge in [-0.05, 0) is 49.7 Å². The Kier molecular flexibility index (Phi) is 9.45. The minimum absolute atomic E-state index is 0.621. The lowest BCUT2D eigenvalue weighted by molar-refractivity contribution is 0.123. The first-order valence-corrected chi connectivity index (χ1v) is 10.2. The molecule has 116 valence electrons. The van der Waals surface area contributed by atoms with Gasteiger partial charge in [-0.15, -0.1) is 23.5 Å². The van der Waals surface area contributed by atoms with E-state index in [1.165, 1.54) is 21.0 Å². The molecule has 0 aromatic heterocycles. The van der Waals surface area contributed by atoms with Gasteiger partial charge in [0.2, 0.25) is 0 Å². The summed E-state index contributed by atoms with van der Waals surface area (Å²) in [5, 5.41) is 0. The highest BCUT2D eigenvalue weighted by molar-refractivity contribution is 8.04. The molecule has 0 amide bonds. The zero-order valence-corrected chi connectivity index (χ0v) is 15.6. The summed E-state index contributed by atoms with van der Waals surface area (Å²) in [6.07, 6.45) is 5.34. The van der Waals surface area contributed by atoms with Crippen molar-refractivity contribution < 1.29 is 8.92 Å². The van der Waals surface area contributed by atoms with E-state index in [0.717, 1.165) is 32.0 Å². The van der Waals surface area contributed by atoms with Crippen molar-refractivity contribution in [2.45, 2.75) is 27.2 Å². The molecular formula is C15H26O2S3. The molecule has 2 aliphatic rings. The smallest absolute Gasteiger partial charge is 0.0775 e. The maximum Gasteiger partial charge on any atom is 0.0775 e. The molecule has 0 aliphatic carbocycles. The van der Waals surface area contributed by atoms with Crippen molar-refractivity contribution in [2.24, 2.45) is 5.92 Å². The number of thioether (sulfide) groups is 2. The molecule has 5 heteroatoms. The van der Waals surface area contributed by atoms with Crippen LogP contribution in [-0.2, 0) is 8.92 Å². The van der Waals surface area contributed by atoms with Crippen molar-refractivity contribution in [3.63, 3.8) is 0 Å². The summed E-state index contributed by atoms with van der Waals surface area (Å²) in [6, 6.07) is 0. The Bertz CT molecular complexity index is 364. The fourth-order valence-electron chi connectivity index (χ4n) is 1.91. The standard InChI is InChI=1S/C8H14OS.C7H12OS2/c1-6-4-9-5-8(10-3)7(6)2;1-6-3-4-8-10-5-7(6)9-2/h6H,4-5H2,1-3H3;3-5H2,1-2H3. The Labute approximate surface area is 136 Å². The van der Waals surface area contributed by atoms with E-state index in [1.807, 2.05) is 23.5 Å². The van der Waals surface area contributed by atoms with Crippen molar-refractivity contribution in [1.29, 1.82) is 0 Å². The highest BCUT2D eigenvalue weighted by atomic mass is 32.2. The normalized spacial score (nSPS) is 24.1. The molecule has 0 radical (unpaired) electrons. The van der Waals surface area contributed by atoms with Gasteiger partial charge in [0.25, 0.3) is 0 Å². The third-order valence-corrected chi connectivity index (χ3v) is 6.42. The molecule has 0 saturated heterocycles. The van der Waals surface area contributed by atoms with Gasteiger partial charge in [0, 0.05) is 10.8 Å². The molecule has 0 aromatic carbocycles. The summed E-state index contributed by atoms with van der Waals surface area (Å²) in [5.74, 6) is 1.66. The summed E-state index contributed by atoms with van der Waals surface area (Å²) in [7, 11) is 0. The van der Waals surface area contributed by atoms with Crippen molar-refractivity contribution in [2.75, 3.05) is 38.1 Å². The van der Waals surface area contributed by atoms with E-state index in [2.05, 4.69) is 33.3 Å². The van der Waals surface area contributed by atoms with Crippen LogP contribution >= 0.6 is 35.6 Å². The molecule has 0 aromatic rings. The van der Waals surface area contributed by atoms with Crippen LogP contribution in [0.4, 0.5) is 0 Å². The molecule has 0 fully saturated rings. The highest BCUT2D eigenvalue weighted by Crippen LogP contribution is 2.27. The first kappa shape index (κ1) is 18.5. The summed E-state index contributed by atoms with van der Waals surface area (Å²) >= 11 is 5.23. The predicted molar refractivity (Wildman–Crippen MR) is 95.4 cm³/mol. The van der Waals surface area contributed by atoms with Crippen molar-refractivity contribution >= 4 is 35.6 Å². The van der Waals surface area contributed by atoms with Crippen LogP contribution in [0.1, 0.15) is 27.2 Å². The molecule has 0 bridgehead atoms. The van der Waals surface area contributed by atoms with E-state index in [9.17, 15) is 0 Å². The molecule has 2 rings (SSSR count). The molecule has 0 saturated carbocycles. The Morgan fingerprint density at radius 2 is 1.85 bits per heavy atom. The molecule has 0 spiro atoms. The molecule has 0 N–H and O–H groups in total. The fraction of sp³-hybridized carbons (Fsp3) is 0.733. The van der Waals surface area contributed by atoms with Crippen LogP contribution in [0.25, 0.3) is 0 Å². The van der Waals surface area contributed by atoms with Crippen molar-refractivity contribution in [3.05, 3.63) is 21.0 Å². The average Bonchev–Trinajstić information content (AvgIpc) is 2.67. The second-order valence-electron chi connectivity index (χ2n) is 4.97. The van der Waals surface area contributed by atoms with Crippen molar-refractivity contribution in [3.8, 4) is 0 Å². The minimum Gasteiger partial charge on any atom is -0.376 e. The maximum absolute atomic E-state index is 5.38. The number of hydrogen-bond acceptors (Lipinski definition) is 5. The predicted octanol–water partition coefficient (Wildman–Crippen LogP) is 4.98. The van der Waals surface area contributed by atoms with Gasteiger partial charge < -0.3 is 8.92 Å². The molecule has 2 nitrogen and oxygen atoms in total. The summed E-state index contributed by atoms with van der Waals surface area (Å²) in [6.45, 7) is 9.22. The second-order valence-corrected chi connectivity index (χ2v) is 7.53. The molecule has 1 atom stereocenters. The number of ether oxygens (including phenoxy) is 1. The highest BCUT2D eigenvalue weighted by Gasteiger charge is 2.15. The lowest BCUT2D eigenvalue weighted by Crippen LogP contribution is -2.16. The Morgan fingerprint density at radius 1 is 1.15 bits per heavy atom. The van der Waals surface area contributed by atoms with Gasteiger partial charge in [-0.2, -0.15) is 0 Å². The van der Waals surface area contributed by atoms with E-state index in [0.29, 0.717) is 5.92 Å². The maximum atomic E-state index is 5.38. The van der Waals surface area contributed by atoms with E-state index in [4.69, 9.17) is 8.92 Å².